The van der Waals surface area contributed by atoms with Crippen LogP contribution in [0.3, 0.4) is 0 Å². The van der Waals surface area contributed by atoms with Crippen molar-refractivity contribution in [1.82, 2.24) is 0 Å². The van der Waals surface area contributed by atoms with Gasteiger partial charge >= 0.3 is 6.61 Å². The molecule has 0 aliphatic rings. The second-order valence-corrected chi connectivity index (χ2v) is 6.48. The van der Waals surface area contributed by atoms with Crippen molar-refractivity contribution in [3.05, 3.63) is 90.0 Å². The second-order valence-electron chi connectivity index (χ2n) is 6.48. The van der Waals surface area contributed by atoms with Gasteiger partial charge in [-0.15, -0.1) is 6.58 Å². The summed E-state index contributed by atoms with van der Waals surface area (Å²) in [6, 6.07) is 9.66. The normalized spacial score (nSPS) is 11.0. The third-order valence-electron chi connectivity index (χ3n) is 4.47. The van der Waals surface area contributed by atoms with Gasteiger partial charge in [-0.2, -0.15) is 8.78 Å². The number of alkyl halides is 2. The van der Waals surface area contributed by atoms with Gasteiger partial charge in [0.25, 0.3) is 0 Å². The number of ether oxygens (including phenoxy) is 1. The minimum Gasteiger partial charge on any atom is -0.429 e. The van der Waals surface area contributed by atoms with Gasteiger partial charge in [0.05, 0.1) is 0 Å². The van der Waals surface area contributed by atoms with E-state index in [-0.39, 0.29) is 22.3 Å². The van der Waals surface area contributed by atoms with E-state index in [1.807, 2.05) is 0 Å². The Morgan fingerprint density at radius 3 is 1.90 bits per heavy atom. The van der Waals surface area contributed by atoms with Crippen LogP contribution in [-0.4, -0.2) is 6.61 Å². The van der Waals surface area contributed by atoms with Crippen molar-refractivity contribution < 1.29 is 31.1 Å². The van der Waals surface area contributed by atoms with E-state index < -0.39 is 35.6 Å². The number of aryl methyl sites for hydroxylation is 1. The molecule has 0 radical (unpaired) electrons. The maximum absolute atomic E-state index is 14.6. The number of hydrogen-bond donors (Lipinski definition) is 0. The molecule has 0 spiro atoms. The van der Waals surface area contributed by atoms with E-state index in [1.165, 1.54) is 24.3 Å². The molecule has 0 saturated carbocycles. The van der Waals surface area contributed by atoms with Crippen LogP contribution >= 0.6 is 0 Å². The van der Waals surface area contributed by atoms with Crippen LogP contribution in [0.5, 0.6) is 5.75 Å². The number of halogens is 6. The zero-order chi connectivity index (χ0) is 21.8. The first-order valence-electron chi connectivity index (χ1n) is 8.93. The van der Waals surface area contributed by atoms with Crippen molar-refractivity contribution in [3.8, 4) is 28.0 Å². The summed E-state index contributed by atoms with van der Waals surface area (Å²) in [5, 5.41) is 0. The van der Waals surface area contributed by atoms with E-state index in [0.29, 0.717) is 25.0 Å². The lowest BCUT2D eigenvalue weighted by Crippen LogP contribution is -2.06. The predicted molar refractivity (Wildman–Crippen MR) is 102 cm³/mol. The summed E-state index contributed by atoms with van der Waals surface area (Å²) in [6.45, 7) is 0.203. The molecule has 0 aliphatic carbocycles. The van der Waals surface area contributed by atoms with Crippen LogP contribution < -0.4 is 4.74 Å². The zero-order valence-corrected chi connectivity index (χ0v) is 15.6. The molecule has 3 aromatic carbocycles. The molecule has 0 bridgehead atoms. The van der Waals surface area contributed by atoms with Crippen molar-refractivity contribution in [2.45, 2.75) is 19.5 Å². The van der Waals surface area contributed by atoms with Gasteiger partial charge in [0, 0.05) is 11.1 Å². The van der Waals surface area contributed by atoms with Crippen LogP contribution in [0.15, 0.2) is 61.2 Å². The van der Waals surface area contributed by atoms with E-state index in [4.69, 9.17) is 0 Å². The first-order chi connectivity index (χ1) is 14.3. The predicted octanol–water partition coefficient (Wildman–Crippen LogP) is 7.30. The van der Waals surface area contributed by atoms with Crippen molar-refractivity contribution in [3.63, 3.8) is 0 Å². The fourth-order valence-corrected chi connectivity index (χ4v) is 3.05. The fraction of sp³-hybridized carbons (Fsp3) is 0.130. The van der Waals surface area contributed by atoms with E-state index in [9.17, 15) is 26.3 Å². The van der Waals surface area contributed by atoms with Gasteiger partial charge < -0.3 is 4.74 Å². The van der Waals surface area contributed by atoms with Gasteiger partial charge in [0.1, 0.15) is 11.6 Å². The summed E-state index contributed by atoms with van der Waals surface area (Å²) in [4.78, 5) is 0. The average Bonchev–Trinajstić information content (AvgIpc) is 2.69. The van der Waals surface area contributed by atoms with E-state index in [0.717, 1.165) is 11.6 Å². The smallest absolute Gasteiger partial charge is 0.387 e. The lowest BCUT2D eigenvalue weighted by Gasteiger charge is -2.11. The zero-order valence-electron chi connectivity index (χ0n) is 15.6. The molecule has 0 heterocycles. The Balaban J connectivity index is 1.94. The first-order valence-corrected chi connectivity index (χ1v) is 8.93. The third-order valence-corrected chi connectivity index (χ3v) is 4.47. The minimum absolute atomic E-state index is 0.167. The molecule has 3 rings (SSSR count). The highest BCUT2D eigenvalue weighted by molar-refractivity contribution is 5.72. The van der Waals surface area contributed by atoms with E-state index in [2.05, 4.69) is 11.3 Å². The highest BCUT2D eigenvalue weighted by Crippen LogP contribution is 2.33. The molecule has 0 N–H and O–H groups in total. The van der Waals surface area contributed by atoms with Crippen LogP contribution in [0.2, 0.25) is 0 Å². The molecule has 0 atom stereocenters. The monoisotopic (exact) mass is 422 g/mol. The molecule has 156 valence electrons. The molecule has 0 saturated heterocycles. The topological polar surface area (TPSA) is 9.23 Å². The number of allylic oxidation sites excluding steroid dienone is 1. The van der Waals surface area contributed by atoms with Crippen molar-refractivity contribution in [2.24, 2.45) is 0 Å². The van der Waals surface area contributed by atoms with E-state index >= 15 is 0 Å². The van der Waals surface area contributed by atoms with Crippen LogP contribution in [0, 0.1) is 23.3 Å². The Hall–Kier alpha value is -3.22. The molecule has 7 heteroatoms. The van der Waals surface area contributed by atoms with Gasteiger partial charge in [-0.3, -0.25) is 0 Å². The van der Waals surface area contributed by atoms with Crippen LogP contribution in [0.4, 0.5) is 26.3 Å². The maximum Gasteiger partial charge on any atom is 0.387 e. The molecule has 30 heavy (non-hydrogen) atoms. The quantitative estimate of drug-likeness (QED) is 0.287. The Morgan fingerprint density at radius 1 is 0.767 bits per heavy atom. The lowest BCUT2D eigenvalue weighted by molar-refractivity contribution is -0.0546. The average molecular weight is 422 g/mol. The van der Waals surface area contributed by atoms with Gasteiger partial charge in [-0.25, -0.2) is 17.6 Å². The molecule has 0 aliphatic heterocycles. The molecule has 0 fully saturated rings. The lowest BCUT2D eigenvalue weighted by atomic mass is 9.97. The Bertz CT molecular complexity index is 1050. The Kier molecular flexibility index (Phi) is 6.50. The van der Waals surface area contributed by atoms with Crippen LogP contribution in [0.1, 0.15) is 12.0 Å². The third kappa shape index (κ3) is 4.67. The summed E-state index contributed by atoms with van der Waals surface area (Å²) in [5.74, 6) is -5.42. The minimum atomic E-state index is -3.41. The highest BCUT2D eigenvalue weighted by atomic mass is 19.3. The van der Waals surface area contributed by atoms with Gasteiger partial charge in [-0.05, 0) is 53.8 Å². The van der Waals surface area contributed by atoms with Gasteiger partial charge in [0.15, 0.2) is 17.4 Å². The van der Waals surface area contributed by atoms with Crippen molar-refractivity contribution in [2.75, 3.05) is 0 Å². The molecule has 0 amide bonds. The van der Waals surface area contributed by atoms with Gasteiger partial charge in [0.2, 0.25) is 0 Å². The first kappa shape index (κ1) is 21.5. The Morgan fingerprint density at radius 2 is 1.33 bits per heavy atom. The number of benzene rings is 3. The molecule has 0 aromatic heterocycles. The summed E-state index contributed by atoms with van der Waals surface area (Å²) >= 11 is 0. The molecule has 0 unspecified atom stereocenters. The fourth-order valence-electron chi connectivity index (χ4n) is 3.05. The summed E-state index contributed by atoms with van der Waals surface area (Å²) in [5.41, 5.74) is 0.785. The Labute approximate surface area is 169 Å². The standard InChI is InChI=1S/C23H16F6O/c1-2-3-4-13-5-7-16(18(24)9-13)14-6-8-17(19(25)10-14)15-11-20(26)22(21(27)12-15)30-23(28)29/h2,5-12,23H,1,3-4H2. The van der Waals surface area contributed by atoms with E-state index in [1.54, 1.807) is 12.1 Å². The molecule has 1 nitrogen and oxygen atoms in total. The van der Waals surface area contributed by atoms with Crippen LogP contribution in [-0.2, 0) is 6.42 Å². The molecule has 3 aromatic rings. The number of rotatable bonds is 7. The highest BCUT2D eigenvalue weighted by Gasteiger charge is 2.19. The largest absolute Gasteiger partial charge is 0.429 e. The maximum atomic E-state index is 14.6. The van der Waals surface area contributed by atoms with Crippen molar-refractivity contribution >= 4 is 0 Å². The molecular weight excluding hydrogens is 406 g/mol. The SMILES string of the molecule is C=CCCc1ccc(-c2ccc(-c3cc(F)c(OC(F)F)c(F)c3)c(F)c2)c(F)c1. The van der Waals surface area contributed by atoms with Gasteiger partial charge in [-0.1, -0.05) is 30.3 Å². The van der Waals surface area contributed by atoms with Crippen LogP contribution in [0.25, 0.3) is 22.3 Å². The molecular formula is C23H16F6O. The second kappa shape index (κ2) is 9.07. The summed E-state index contributed by atoms with van der Waals surface area (Å²) < 4.78 is 85.2. The number of hydrogen-bond acceptors (Lipinski definition) is 1. The summed E-state index contributed by atoms with van der Waals surface area (Å²) in [6.07, 6.45) is 3.03. The van der Waals surface area contributed by atoms with Crippen molar-refractivity contribution in [1.29, 1.82) is 0 Å². The summed E-state index contributed by atoms with van der Waals surface area (Å²) in [7, 11) is 0.